The highest BCUT2D eigenvalue weighted by Crippen LogP contribution is 2.40. The van der Waals surface area contributed by atoms with Gasteiger partial charge in [0.25, 0.3) is 0 Å². The second-order valence-electron chi connectivity index (χ2n) is 9.23. The molecule has 30 heavy (non-hydrogen) atoms. The fraction of sp³-hybridized carbons (Fsp3) is 0.636. The molecule has 0 atom stereocenters. The Labute approximate surface area is 178 Å². The molecule has 1 aliphatic heterocycles. The molecule has 0 bridgehead atoms. The van der Waals surface area contributed by atoms with E-state index in [1.54, 1.807) is 0 Å². The Balaban J connectivity index is 1.27. The third-order valence-electron chi connectivity index (χ3n) is 5.56. The van der Waals surface area contributed by atoms with E-state index in [2.05, 4.69) is 46.6 Å². The smallest absolute Gasteiger partial charge is 0.319 e. The Hall–Kier alpha value is -2.48. The van der Waals surface area contributed by atoms with Gasteiger partial charge in [0.2, 0.25) is 5.88 Å². The summed E-state index contributed by atoms with van der Waals surface area (Å²) in [7, 11) is 0. The van der Waals surface area contributed by atoms with Crippen LogP contribution in [0.3, 0.4) is 0 Å². The van der Waals surface area contributed by atoms with Crippen LogP contribution in [-0.2, 0) is 5.41 Å². The number of piperazine rings is 1. The predicted molar refractivity (Wildman–Crippen MR) is 115 cm³/mol. The lowest BCUT2D eigenvalue weighted by molar-refractivity contribution is 0.217. The lowest BCUT2D eigenvalue weighted by Crippen LogP contribution is -2.47. The number of ether oxygens (including phenoxy) is 1. The summed E-state index contributed by atoms with van der Waals surface area (Å²) >= 11 is 0. The van der Waals surface area contributed by atoms with E-state index in [0.717, 1.165) is 50.8 Å². The van der Waals surface area contributed by atoms with Crippen molar-refractivity contribution < 1.29 is 9.84 Å². The Morgan fingerprint density at radius 1 is 1.10 bits per heavy atom. The van der Waals surface area contributed by atoms with Crippen molar-refractivity contribution in [2.45, 2.75) is 51.4 Å². The third-order valence-corrected chi connectivity index (χ3v) is 5.56. The lowest BCUT2D eigenvalue weighted by atomic mass is 9.95. The van der Waals surface area contributed by atoms with Crippen LogP contribution in [0.1, 0.15) is 57.5 Å². The minimum absolute atomic E-state index is 0.0409. The van der Waals surface area contributed by atoms with Gasteiger partial charge in [0.1, 0.15) is 11.6 Å². The molecule has 0 spiro atoms. The summed E-state index contributed by atoms with van der Waals surface area (Å²) in [4.78, 5) is 22.5. The molecule has 8 nitrogen and oxygen atoms in total. The fourth-order valence-electron chi connectivity index (χ4n) is 3.59. The van der Waals surface area contributed by atoms with E-state index in [0.29, 0.717) is 12.5 Å². The minimum Gasteiger partial charge on any atom is -0.493 e. The maximum absolute atomic E-state index is 9.35. The minimum atomic E-state index is -0.0692. The summed E-state index contributed by atoms with van der Waals surface area (Å²) in [6, 6.07) is 3.87. The molecule has 3 heterocycles. The number of anilines is 1. The van der Waals surface area contributed by atoms with Gasteiger partial charge >= 0.3 is 6.01 Å². The van der Waals surface area contributed by atoms with Gasteiger partial charge in [0, 0.05) is 68.1 Å². The van der Waals surface area contributed by atoms with E-state index in [4.69, 9.17) is 14.7 Å². The number of aromatic nitrogens is 4. The van der Waals surface area contributed by atoms with E-state index in [9.17, 15) is 5.11 Å². The van der Waals surface area contributed by atoms with Crippen molar-refractivity contribution in [2.75, 3.05) is 44.2 Å². The average molecular weight is 413 g/mol. The second kappa shape index (κ2) is 8.71. The molecule has 1 aliphatic carbocycles. The number of hydrogen-bond donors (Lipinski definition) is 1. The first-order valence-corrected chi connectivity index (χ1v) is 10.9. The van der Waals surface area contributed by atoms with E-state index in [-0.39, 0.29) is 17.3 Å². The number of aromatic hydroxyl groups is 1. The second-order valence-corrected chi connectivity index (χ2v) is 9.23. The summed E-state index contributed by atoms with van der Waals surface area (Å²) in [5.74, 6) is 2.60. The van der Waals surface area contributed by atoms with Crippen LogP contribution in [-0.4, -0.2) is 69.3 Å². The highest BCUT2D eigenvalue weighted by molar-refractivity contribution is 5.42. The van der Waals surface area contributed by atoms with E-state index < -0.39 is 0 Å². The van der Waals surface area contributed by atoms with Crippen molar-refractivity contribution in [3.63, 3.8) is 0 Å². The van der Waals surface area contributed by atoms with E-state index in [1.165, 1.54) is 30.8 Å². The van der Waals surface area contributed by atoms with Crippen molar-refractivity contribution >= 4 is 5.82 Å². The largest absolute Gasteiger partial charge is 0.493 e. The highest BCUT2D eigenvalue weighted by Gasteiger charge is 2.29. The SMILES string of the molecule is CC(C)(C)c1nc(C2CC2)cc(N2CCN(CCCOc3nccc(O)n3)CC2)n1. The molecule has 0 radical (unpaired) electrons. The molecule has 0 amide bonds. The van der Waals surface area contributed by atoms with Gasteiger partial charge in [-0.05, 0) is 19.3 Å². The molecule has 1 saturated carbocycles. The average Bonchev–Trinajstić information content (AvgIpc) is 3.56. The third kappa shape index (κ3) is 5.36. The van der Waals surface area contributed by atoms with Crippen LogP contribution in [0.2, 0.25) is 0 Å². The van der Waals surface area contributed by atoms with Crippen LogP contribution in [0, 0.1) is 0 Å². The zero-order valence-corrected chi connectivity index (χ0v) is 18.2. The molecule has 0 unspecified atom stereocenters. The predicted octanol–water partition coefficient (Wildman–Crippen LogP) is 2.74. The van der Waals surface area contributed by atoms with Crippen LogP contribution in [0.5, 0.6) is 11.9 Å². The van der Waals surface area contributed by atoms with Gasteiger partial charge in [-0.1, -0.05) is 20.8 Å². The molecule has 0 aromatic carbocycles. The van der Waals surface area contributed by atoms with Gasteiger partial charge < -0.3 is 14.7 Å². The summed E-state index contributed by atoms with van der Waals surface area (Å²) < 4.78 is 5.52. The summed E-state index contributed by atoms with van der Waals surface area (Å²) in [5.41, 5.74) is 1.18. The van der Waals surface area contributed by atoms with Gasteiger partial charge in [-0.2, -0.15) is 4.98 Å². The summed E-state index contributed by atoms with van der Waals surface area (Å²) in [5, 5.41) is 9.35. The number of rotatable bonds is 7. The summed E-state index contributed by atoms with van der Waals surface area (Å²) in [6.07, 6.45) is 4.89. The standard InChI is InChI=1S/C22H32N6O2/c1-22(2,3)20-24-17(16-5-6-16)15-18(25-20)28-12-10-27(11-13-28)9-4-14-30-21-23-8-7-19(29)26-21/h7-8,15-16H,4-6,9-14H2,1-3H3,(H,23,26,29). The van der Waals surface area contributed by atoms with Gasteiger partial charge in [-0.15, -0.1) is 0 Å². The molecule has 8 heteroatoms. The van der Waals surface area contributed by atoms with Crippen molar-refractivity contribution in [1.29, 1.82) is 0 Å². The quantitative estimate of drug-likeness (QED) is 0.695. The molecule has 2 fully saturated rings. The molecule has 2 aromatic heterocycles. The van der Waals surface area contributed by atoms with Crippen LogP contribution in [0.25, 0.3) is 0 Å². The molecular weight excluding hydrogens is 380 g/mol. The molecule has 1 saturated heterocycles. The lowest BCUT2D eigenvalue weighted by Gasteiger charge is -2.36. The molecule has 162 valence electrons. The van der Waals surface area contributed by atoms with Gasteiger partial charge in [0.05, 0.1) is 6.61 Å². The van der Waals surface area contributed by atoms with E-state index in [1.807, 2.05) is 0 Å². The topological polar surface area (TPSA) is 87.5 Å². The maximum atomic E-state index is 9.35. The van der Waals surface area contributed by atoms with Crippen LogP contribution < -0.4 is 9.64 Å². The number of nitrogens with zero attached hydrogens (tertiary/aromatic N) is 6. The molecule has 2 aromatic rings. The Morgan fingerprint density at radius 3 is 2.53 bits per heavy atom. The normalized spacial score (nSPS) is 17.9. The summed E-state index contributed by atoms with van der Waals surface area (Å²) in [6.45, 7) is 12.0. The first kappa shape index (κ1) is 20.8. The number of hydrogen-bond acceptors (Lipinski definition) is 8. The van der Waals surface area contributed by atoms with Crippen molar-refractivity contribution in [2.24, 2.45) is 0 Å². The first-order valence-electron chi connectivity index (χ1n) is 10.9. The fourth-order valence-corrected chi connectivity index (χ4v) is 3.59. The monoisotopic (exact) mass is 412 g/mol. The van der Waals surface area contributed by atoms with Crippen LogP contribution in [0.15, 0.2) is 18.3 Å². The first-order chi connectivity index (χ1) is 14.4. The Kier molecular flexibility index (Phi) is 6.04. The van der Waals surface area contributed by atoms with E-state index >= 15 is 0 Å². The maximum Gasteiger partial charge on any atom is 0.319 e. The molecule has 2 aliphatic rings. The zero-order valence-electron chi connectivity index (χ0n) is 18.2. The van der Waals surface area contributed by atoms with Gasteiger partial charge in [0.15, 0.2) is 0 Å². The molecule has 4 rings (SSSR count). The Morgan fingerprint density at radius 2 is 1.87 bits per heavy atom. The van der Waals surface area contributed by atoms with Crippen molar-refractivity contribution in [1.82, 2.24) is 24.8 Å². The van der Waals surface area contributed by atoms with Crippen molar-refractivity contribution in [3.8, 4) is 11.9 Å². The molecule has 1 N–H and O–H groups in total. The highest BCUT2D eigenvalue weighted by atomic mass is 16.5. The van der Waals surface area contributed by atoms with Crippen LogP contribution in [0.4, 0.5) is 5.82 Å². The van der Waals surface area contributed by atoms with Gasteiger partial charge in [-0.25, -0.2) is 15.0 Å². The van der Waals surface area contributed by atoms with Crippen molar-refractivity contribution in [3.05, 3.63) is 29.8 Å². The van der Waals surface area contributed by atoms with Crippen LogP contribution >= 0.6 is 0 Å². The van der Waals surface area contributed by atoms with Gasteiger partial charge in [-0.3, -0.25) is 4.90 Å². The zero-order chi connectivity index (χ0) is 21.1. The molecular formula is C22H32N6O2. The Bertz CT molecular complexity index is 857.